The summed E-state index contributed by atoms with van der Waals surface area (Å²) in [6.45, 7) is 4.97. The lowest BCUT2D eigenvalue weighted by Crippen LogP contribution is -2.44. The molecule has 1 aromatic rings. The van der Waals surface area contributed by atoms with E-state index in [0.717, 1.165) is 12.8 Å². The Morgan fingerprint density at radius 2 is 1.95 bits per heavy atom. The van der Waals surface area contributed by atoms with Crippen LogP contribution >= 0.6 is 0 Å². The molecule has 112 valence electrons. The Hall–Kier alpha value is -1.39. The quantitative estimate of drug-likeness (QED) is 0.556. The Balaban J connectivity index is 2.21. The van der Waals surface area contributed by atoms with Gasteiger partial charge in [0.25, 0.3) is 0 Å². The van der Waals surface area contributed by atoms with E-state index < -0.39 is 6.04 Å². The Morgan fingerprint density at radius 3 is 2.55 bits per heavy atom. The number of rotatable bonds is 9. The maximum absolute atomic E-state index is 11.6. The van der Waals surface area contributed by atoms with Crippen LogP contribution in [0.3, 0.4) is 0 Å². The normalized spacial score (nSPS) is 12.4. The second-order valence-electron chi connectivity index (χ2n) is 5.06. The number of hydrogen-bond acceptors (Lipinski definition) is 4. The van der Waals surface area contributed by atoms with E-state index in [-0.39, 0.29) is 12.0 Å². The van der Waals surface area contributed by atoms with Crippen LogP contribution in [0.4, 0.5) is 0 Å². The van der Waals surface area contributed by atoms with Gasteiger partial charge in [0, 0.05) is 12.6 Å². The summed E-state index contributed by atoms with van der Waals surface area (Å²) in [7, 11) is 1.40. The van der Waals surface area contributed by atoms with Crippen molar-refractivity contribution in [2.45, 2.75) is 38.8 Å². The molecule has 0 aliphatic carbocycles. The van der Waals surface area contributed by atoms with Gasteiger partial charge in [0.05, 0.1) is 13.7 Å². The first-order chi connectivity index (χ1) is 9.63. The molecule has 20 heavy (non-hydrogen) atoms. The average Bonchev–Trinajstić information content (AvgIpc) is 2.45. The van der Waals surface area contributed by atoms with Crippen molar-refractivity contribution < 1.29 is 14.3 Å². The van der Waals surface area contributed by atoms with Crippen molar-refractivity contribution in [1.29, 1.82) is 0 Å². The van der Waals surface area contributed by atoms with E-state index in [2.05, 4.69) is 17.4 Å². The van der Waals surface area contributed by atoms with Gasteiger partial charge in [-0.3, -0.25) is 4.79 Å². The van der Waals surface area contributed by atoms with E-state index >= 15 is 0 Å². The number of benzene rings is 1. The standard InChI is InChI=1S/C16H25NO3/c1-13(2)17-15(16(18)19-3)12-20-11-7-10-14-8-5-4-6-9-14/h4-6,8-9,13,15,17H,7,10-12H2,1-3H3. The number of carbonyl (C=O) groups is 1. The molecule has 1 unspecified atom stereocenters. The van der Waals surface area contributed by atoms with Crippen molar-refractivity contribution in [3.63, 3.8) is 0 Å². The lowest BCUT2D eigenvalue weighted by atomic mass is 10.1. The molecule has 0 radical (unpaired) electrons. The third kappa shape index (κ3) is 6.68. The number of nitrogens with one attached hydrogen (secondary N) is 1. The van der Waals surface area contributed by atoms with E-state index in [1.807, 2.05) is 32.0 Å². The van der Waals surface area contributed by atoms with Gasteiger partial charge in [-0.2, -0.15) is 0 Å². The minimum absolute atomic E-state index is 0.215. The van der Waals surface area contributed by atoms with Gasteiger partial charge >= 0.3 is 5.97 Å². The fraction of sp³-hybridized carbons (Fsp3) is 0.562. The molecular formula is C16H25NO3. The zero-order chi connectivity index (χ0) is 14.8. The molecule has 0 saturated heterocycles. The highest BCUT2D eigenvalue weighted by Crippen LogP contribution is 2.02. The number of hydrogen-bond donors (Lipinski definition) is 1. The van der Waals surface area contributed by atoms with Crippen LogP contribution in [0.1, 0.15) is 25.8 Å². The first-order valence-electron chi connectivity index (χ1n) is 7.09. The van der Waals surface area contributed by atoms with E-state index in [1.165, 1.54) is 12.7 Å². The lowest BCUT2D eigenvalue weighted by Gasteiger charge is -2.19. The van der Waals surface area contributed by atoms with Crippen LogP contribution in [0.2, 0.25) is 0 Å². The number of carbonyl (C=O) groups excluding carboxylic acids is 1. The van der Waals surface area contributed by atoms with Gasteiger partial charge in [-0.25, -0.2) is 0 Å². The van der Waals surface area contributed by atoms with Gasteiger partial charge in [0.2, 0.25) is 0 Å². The number of ether oxygens (including phenoxy) is 2. The maximum atomic E-state index is 11.6. The van der Waals surface area contributed by atoms with Gasteiger partial charge < -0.3 is 14.8 Å². The van der Waals surface area contributed by atoms with Gasteiger partial charge in [-0.1, -0.05) is 44.2 Å². The summed E-state index contributed by atoms with van der Waals surface area (Å²) < 4.78 is 10.3. The van der Waals surface area contributed by atoms with Crippen LogP contribution in [-0.4, -0.2) is 38.4 Å². The summed E-state index contributed by atoms with van der Waals surface area (Å²) in [6.07, 6.45) is 1.93. The highest BCUT2D eigenvalue weighted by Gasteiger charge is 2.19. The molecule has 1 atom stereocenters. The second kappa shape index (κ2) is 9.50. The minimum atomic E-state index is -0.392. The lowest BCUT2D eigenvalue weighted by molar-refractivity contribution is -0.145. The highest BCUT2D eigenvalue weighted by atomic mass is 16.5. The van der Waals surface area contributed by atoms with Crippen LogP contribution in [0, 0.1) is 0 Å². The fourth-order valence-electron chi connectivity index (χ4n) is 1.95. The van der Waals surface area contributed by atoms with Crippen LogP contribution in [0.5, 0.6) is 0 Å². The molecule has 0 fully saturated rings. The van der Waals surface area contributed by atoms with Crippen molar-refractivity contribution >= 4 is 5.97 Å². The van der Waals surface area contributed by atoms with Crippen LogP contribution in [0.25, 0.3) is 0 Å². The molecule has 0 aromatic heterocycles. The molecule has 0 spiro atoms. The smallest absolute Gasteiger partial charge is 0.325 e. The zero-order valence-corrected chi connectivity index (χ0v) is 12.6. The SMILES string of the molecule is COC(=O)C(COCCCc1ccccc1)NC(C)C. The van der Waals surface area contributed by atoms with E-state index in [1.54, 1.807) is 0 Å². The maximum Gasteiger partial charge on any atom is 0.325 e. The van der Waals surface area contributed by atoms with Gasteiger partial charge in [-0.15, -0.1) is 0 Å². The number of esters is 1. The molecule has 4 nitrogen and oxygen atoms in total. The molecule has 4 heteroatoms. The largest absolute Gasteiger partial charge is 0.468 e. The average molecular weight is 279 g/mol. The van der Waals surface area contributed by atoms with Crippen LogP contribution in [0.15, 0.2) is 30.3 Å². The Labute approximate surface area is 121 Å². The third-order valence-corrected chi connectivity index (χ3v) is 2.90. The van der Waals surface area contributed by atoms with Crippen molar-refractivity contribution in [2.24, 2.45) is 0 Å². The van der Waals surface area contributed by atoms with Gasteiger partial charge in [-0.05, 0) is 18.4 Å². The third-order valence-electron chi connectivity index (χ3n) is 2.90. The van der Waals surface area contributed by atoms with E-state index in [4.69, 9.17) is 9.47 Å². The Bertz CT molecular complexity index is 379. The molecule has 0 saturated carbocycles. The topological polar surface area (TPSA) is 47.6 Å². The highest BCUT2D eigenvalue weighted by molar-refractivity contribution is 5.75. The summed E-state index contributed by atoms with van der Waals surface area (Å²) in [5.74, 6) is -0.276. The van der Waals surface area contributed by atoms with Gasteiger partial charge in [0.15, 0.2) is 0 Å². The molecular weight excluding hydrogens is 254 g/mol. The first-order valence-corrected chi connectivity index (χ1v) is 7.09. The monoisotopic (exact) mass is 279 g/mol. The molecule has 0 heterocycles. The zero-order valence-electron chi connectivity index (χ0n) is 12.6. The number of methoxy groups -OCH3 is 1. The summed E-state index contributed by atoms with van der Waals surface area (Å²) in [5.41, 5.74) is 1.31. The van der Waals surface area contributed by atoms with Crippen LogP contribution < -0.4 is 5.32 Å². The summed E-state index contributed by atoms with van der Waals surface area (Å²) in [4.78, 5) is 11.6. The summed E-state index contributed by atoms with van der Waals surface area (Å²) in [6, 6.07) is 10.1. The summed E-state index contributed by atoms with van der Waals surface area (Å²) >= 11 is 0. The molecule has 0 aliphatic heterocycles. The van der Waals surface area contributed by atoms with E-state index in [0.29, 0.717) is 13.2 Å². The predicted molar refractivity (Wildman–Crippen MR) is 79.7 cm³/mol. The van der Waals surface area contributed by atoms with E-state index in [9.17, 15) is 4.79 Å². The molecule has 1 aromatic carbocycles. The Morgan fingerprint density at radius 1 is 1.25 bits per heavy atom. The van der Waals surface area contributed by atoms with Crippen molar-refractivity contribution in [3.8, 4) is 0 Å². The second-order valence-corrected chi connectivity index (χ2v) is 5.06. The van der Waals surface area contributed by atoms with Gasteiger partial charge in [0.1, 0.15) is 6.04 Å². The predicted octanol–water partition coefficient (Wildman–Crippen LogP) is 2.18. The van der Waals surface area contributed by atoms with Crippen molar-refractivity contribution in [2.75, 3.05) is 20.3 Å². The molecule has 0 amide bonds. The molecule has 0 bridgehead atoms. The number of aryl methyl sites for hydroxylation is 1. The molecule has 0 aliphatic rings. The Kier molecular flexibility index (Phi) is 7.92. The molecule has 1 N–H and O–H groups in total. The fourth-order valence-corrected chi connectivity index (χ4v) is 1.95. The van der Waals surface area contributed by atoms with Crippen LogP contribution in [-0.2, 0) is 20.7 Å². The first kappa shape index (κ1) is 16.7. The summed E-state index contributed by atoms with van der Waals surface area (Å²) in [5, 5.41) is 3.14. The minimum Gasteiger partial charge on any atom is -0.468 e. The molecule has 1 rings (SSSR count). The van der Waals surface area contributed by atoms with Crippen molar-refractivity contribution in [3.05, 3.63) is 35.9 Å². The van der Waals surface area contributed by atoms with Crippen molar-refractivity contribution in [1.82, 2.24) is 5.32 Å².